The fourth-order valence-corrected chi connectivity index (χ4v) is 1.82. The molecule has 0 radical (unpaired) electrons. The van der Waals surface area contributed by atoms with Crippen LogP contribution in [0.25, 0.3) is 10.8 Å². The number of benzene rings is 1. The highest BCUT2D eigenvalue weighted by Crippen LogP contribution is 2.24. The van der Waals surface area contributed by atoms with Gasteiger partial charge in [0.05, 0.1) is 5.69 Å². The van der Waals surface area contributed by atoms with Crippen LogP contribution in [-0.2, 0) is 6.54 Å². The molecule has 102 valence electrons. The van der Waals surface area contributed by atoms with Crippen molar-refractivity contribution in [3.63, 3.8) is 0 Å². The summed E-state index contributed by atoms with van der Waals surface area (Å²) in [6.07, 6.45) is -2.50. The summed E-state index contributed by atoms with van der Waals surface area (Å²) in [5.41, 5.74) is 0.782. The standard InChI is InChI=1S/C14H16F2N2O/c1-2-17-8-11-7-10-5-3-4-6-12(10)14(18-11)19-9-13(15)16/h3-7,13,17H,2,8-9H2,1H3. The van der Waals surface area contributed by atoms with Crippen molar-refractivity contribution in [3.05, 3.63) is 36.0 Å². The fourth-order valence-electron chi connectivity index (χ4n) is 1.82. The number of nitrogens with one attached hydrogen (secondary N) is 1. The SMILES string of the molecule is CCNCc1cc2ccccc2c(OCC(F)F)n1. The van der Waals surface area contributed by atoms with Crippen molar-refractivity contribution in [2.24, 2.45) is 0 Å². The van der Waals surface area contributed by atoms with Gasteiger partial charge in [-0.25, -0.2) is 13.8 Å². The summed E-state index contributed by atoms with van der Waals surface area (Å²) < 4.78 is 29.6. The maximum absolute atomic E-state index is 12.3. The molecule has 0 saturated carbocycles. The molecule has 0 saturated heterocycles. The summed E-state index contributed by atoms with van der Waals surface area (Å²) in [6, 6.07) is 9.41. The summed E-state index contributed by atoms with van der Waals surface area (Å²) in [5, 5.41) is 4.85. The molecule has 0 aliphatic heterocycles. The van der Waals surface area contributed by atoms with Crippen molar-refractivity contribution in [2.75, 3.05) is 13.2 Å². The molecular weight excluding hydrogens is 250 g/mol. The van der Waals surface area contributed by atoms with Crippen LogP contribution in [0.15, 0.2) is 30.3 Å². The first-order chi connectivity index (χ1) is 9.20. The summed E-state index contributed by atoms with van der Waals surface area (Å²) in [7, 11) is 0. The van der Waals surface area contributed by atoms with E-state index in [0.29, 0.717) is 6.54 Å². The Morgan fingerprint density at radius 2 is 2.11 bits per heavy atom. The molecule has 0 aliphatic carbocycles. The molecule has 2 rings (SSSR count). The van der Waals surface area contributed by atoms with Gasteiger partial charge in [-0.15, -0.1) is 0 Å². The lowest BCUT2D eigenvalue weighted by Crippen LogP contribution is -2.14. The van der Waals surface area contributed by atoms with E-state index in [-0.39, 0.29) is 5.88 Å². The van der Waals surface area contributed by atoms with Gasteiger partial charge in [0.1, 0.15) is 0 Å². The fraction of sp³-hybridized carbons (Fsp3) is 0.357. The Bertz CT molecular complexity index is 546. The minimum Gasteiger partial charge on any atom is -0.471 e. The smallest absolute Gasteiger partial charge is 0.272 e. The van der Waals surface area contributed by atoms with Crippen LogP contribution in [0.3, 0.4) is 0 Å². The van der Waals surface area contributed by atoms with E-state index in [0.717, 1.165) is 23.0 Å². The Balaban J connectivity index is 2.33. The van der Waals surface area contributed by atoms with E-state index in [1.54, 1.807) is 0 Å². The Morgan fingerprint density at radius 3 is 2.84 bits per heavy atom. The predicted molar refractivity (Wildman–Crippen MR) is 70.6 cm³/mol. The Kier molecular flexibility index (Phi) is 4.63. The molecular formula is C14H16F2N2O. The maximum atomic E-state index is 12.3. The zero-order chi connectivity index (χ0) is 13.7. The second kappa shape index (κ2) is 6.43. The van der Waals surface area contributed by atoms with Crippen LogP contribution in [0.5, 0.6) is 5.88 Å². The first-order valence-electron chi connectivity index (χ1n) is 6.21. The molecule has 1 N–H and O–H groups in total. The molecule has 1 aromatic heterocycles. The molecule has 0 bridgehead atoms. The van der Waals surface area contributed by atoms with E-state index in [2.05, 4.69) is 10.3 Å². The maximum Gasteiger partial charge on any atom is 0.272 e. The van der Waals surface area contributed by atoms with E-state index in [4.69, 9.17) is 4.74 Å². The second-order valence-corrected chi connectivity index (χ2v) is 4.12. The number of rotatable bonds is 6. The van der Waals surface area contributed by atoms with E-state index >= 15 is 0 Å². The highest BCUT2D eigenvalue weighted by Gasteiger charge is 2.10. The number of hydrogen-bond donors (Lipinski definition) is 1. The second-order valence-electron chi connectivity index (χ2n) is 4.12. The molecule has 2 aromatic rings. The van der Waals surface area contributed by atoms with Crippen molar-refractivity contribution >= 4 is 10.8 Å². The van der Waals surface area contributed by atoms with Gasteiger partial charge in [-0.2, -0.15) is 0 Å². The first-order valence-corrected chi connectivity index (χ1v) is 6.21. The summed E-state index contributed by atoms with van der Waals surface area (Å²) in [4.78, 5) is 4.29. The first kappa shape index (κ1) is 13.7. The van der Waals surface area contributed by atoms with E-state index < -0.39 is 13.0 Å². The molecule has 0 fully saturated rings. The van der Waals surface area contributed by atoms with Crippen LogP contribution in [0.2, 0.25) is 0 Å². The lowest BCUT2D eigenvalue weighted by atomic mass is 10.1. The molecule has 0 spiro atoms. The van der Waals surface area contributed by atoms with Crippen LogP contribution >= 0.6 is 0 Å². The minimum atomic E-state index is -2.50. The van der Waals surface area contributed by atoms with Gasteiger partial charge in [0.15, 0.2) is 6.61 Å². The highest BCUT2D eigenvalue weighted by molar-refractivity contribution is 5.87. The van der Waals surface area contributed by atoms with E-state index in [1.165, 1.54) is 0 Å². The number of nitrogens with zero attached hydrogens (tertiary/aromatic N) is 1. The average molecular weight is 266 g/mol. The summed E-state index contributed by atoms with van der Waals surface area (Å²) in [5.74, 6) is 0.270. The van der Waals surface area contributed by atoms with Crippen LogP contribution in [0, 0.1) is 0 Å². The Hall–Kier alpha value is -1.75. The number of alkyl halides is 2. The molecule has 0 atom stereocenters. The van der Waals surface area contributed by atoms with Gasteiger partial charge >= 0.3 is 0 Å². The van der Waals surface area contributed by atoms with Gasteiger partial charge in [-0.1, -0.05) is 25.1 Å². The number of hydrogen-bond acceptors (Lipinski definition) is 3. The third kappa shape index (κ3) is 3.61. The van der Waals surface area contributed by atoms with Crippen LogP contribution in [-0.4, -0.2) is 24.6 Å². The number of aromatic nitrogens is 1. The number of halogens is 2. The lowest BCUT2D eigenvalue weighted by molar-refractivity contribution is 0.0803. The molecule has 0 aliphatic rings. The molecule has 1 aromatic carbocycles. The van der Waals surface area contributed by atoms with Gasteiger partial charge in [-0.3, -0.25) is 0 Å². The third-order valence-corrected chi connectivity index (χ3v) is 2.66. The summed E-state index contributed by atoms with van der Waals surface area (Å²) >= 11 is 0. The molecule has 3 nitrogen and oxygen atoms in total. The van der Waals surface area contributed by atoms with Crippen LogP contribution in [0.1, 0.15) is 12.6 Å². The van der Waals surface area contributed by atoms with Crippen molar-refractivity contribution in [1.29, 1.82) is 0 Å². The Labute approximate surface area is 110 Å². The minimum absolute atomic E-state index is 0.270. The van der Waals surface area contributed by atoms with Crippen molar-refractivity contribution in [3.8, 4) is 5.88 Å². The molecule has 1 heterocycles. The van der Waals surface area contributed by atoms with Gasteiger partial charge in [0, 0.05) is 11.9 Å². The third-order valence-electron chi connectivity index (χ3n) is 2.66. The van der Waals surface area contributed by atoms with Gasteiger partial charge < -0.3 is 10.1 Å². The molecule has 0 amide bonds. The lowest BCUT2D eigenvalue weighted by Gasteiger charge is -2.10. The highest BCUT2D eigenvalue weighted by atomic mass is 19.3. The summed E-state index contributed by atoms with van der Waals surface area (Å²) in [6.45, 7) is 2.77. The van der Waals surface area contributed by atoms with Crippen molar-refractivity contribution in [1.82, 2.24) is 10.3 Å². The van der Waals surface area contributed by atoms with E-state index in [9.17, 15) is 8.78 Å². The number of pyridine rings is 1. The van der Waals surface area contributed by atoms with Gasteiger partial charge in [0.25, 0.3) is 6.43 Å². The zero-order valence-electron chi connectivity index (χ0n) is 10.7. The van der Waals surface area contributed by atoms with Crippen LogP contribution < -0.4 is 10.1 Å². The number of fused-ring (bicyclic) bond motifs is 1. The zero-order valence-corrected chi connectivity index (χ0v) is 10.7. The van der Waals surface area contributed by atoms with Crippen LogP contribution in [0.4, 0.5) is 8.78 Å². The Morgan fingerprint density at radius 1 is 1.32 bits per heavy atom. The van der Waals surface area contributed by atoms with Gasteiger partial charge in [-0.05, 0) is 24.1 Å². The molecule has 19 heavy (non-hydrogen) atoms. The van der Waals surface area contributed by atoms with Gasteiger partial charge in [0.2, 0.25) is 5.88 Å². The average Bonchev–Trinajstić information content (AvgIpc) is 2.42. The van der Waals surface area contributed by atoms with E-state index in [1.807, 2.05) is 37.3 Å². The number of ether oxygens (including phenoxy) is 1. The molecule has 5 heteroatoms. The van der Waals surface area contributed by atoms with Crippen molar-refractivity contribution < 1.29 is 13.5 Å². The monoisotopic (exact) mass is 266 g/mol. The largest absolute Gasteiger partial charge is 0.471 e. The topological polar surface area (TPSA) is 34.1 Å². The van der Waals surface area contributed by atoms with Crippen molar-refractivity contribution in [2.45, 2.75) is 19.9 Å². The molecule has 0 unspecified atom stereocenters. The normalized spacial score (nSPS) is 11.2. The quantitative estimate of drug-likeness (QED) is 0.872. The predicted octanol–water partition coefficient (Wildman–Crippen LogP) is 2.99.